The van der Waals surface area contributed by atoms with Gasteiger partial charge in [-0.2, -0.15) is 0 Å². The first-order valence-electron chi connectivity index (χ1n) is 12.2. The summed E-state index contributed by atoms with van der Waals surface area (Å²) < 4.78 is 5.90. The van der Waals surface area contributed by atoms with Crippen molar-refractivity contribution in [2.45, 2.75) is 19.5 Å². The van der Waals surface area contributed by atoms with E-state index in [0.29, 0.717) is 23.9 Å². The van der Waals surface area contributed by atoms with Crippen molar-refractivity contribution in [3.05, 3.63) is 84.1 Å². The number of para-hydroxylation sites is 1. The zero-order chi connectivity index (χ0) is 24.6. The highest BCUT2D eigenvalue weighted by atomic mass is 16.5. The van der Waals surface area contributed by atoms with Crippen molar-refractivity contribution < 1.29 is 9.53 Å². The zero-order valence-corrected chi connectivity index (χ0v) is 20.9. The van der Waals surface area contributed by atoms with Crippen LogP contribution in [0.2, 0.25) is 0 Å². The van der Waals surface area contributed by atoms with E-state index in [1.807, 2.05) is 74.9 Å². The minimum absolute atomic E-state index is 0.0478. The van der Waals surface area contributed by atoms with E-state index in [1.165, 1.54) is 0 Å². The number of hydrogen-bond donors (Lipinski definition) is 1. The molecule has 1 aliphatic rings. The summed E-state index contributed by atoms with van der Waals surface area (Å²) in [4.78, 5) is 24.4. The number of amides is 1. The number of hydrogen-bond acceptors (Lipinski definition) is 6. The number of rotatable bonds is 9. The highest BCUT2D eigenvalue weighted by Crippen LogP contribution is 2.23. The SMILES string of the molecule is CNCCN1CCN(c2cc(CN(C)C(=O)c3cccc(Oc4ccccc4)c3)ccn2)[C@H](C)C1. The molecule has 7 heteroatoms. The Labute approximate surface area is 208 Å². The number of benzene rings is 2. The number of ether oxygens (including phenoxy) is 1. The van der Waals surface area contributed by atoms with Crippen molar-refractivity contribution in [1.82, 2.24) is 20.1 Å². The van der Waals surface area contributed by atoms with E-state index in [9.17, 15) is 4.79 Å². The Hall–Kier alpha value is -3.42. The molecule has 1 fully saturated rings. The number of nitrogens with zero attached hydrogens (tertiary/aromatic N) is 4. The van der Waals surface area contributed by atoms with Crippen LogP contribution >= 0.6 is 0 Å². The number of likely N-dealkylation sites (N-methyl/N-ethyl adjacent to an activating group) is 1. The van der Waals surface area contributed by atoms with Crippen LogP contribution in [-0.4, -0.2) is 73.6 Å². The second-order valence-corrected chi connectivity index (χ2v) is 9.07. The first-order valence-corrected chi connectivity index (χ1v) is 12.2. The van der Waals surface area contributed by atoms with Gasteiger partial charge >= 0.3 is 0 Å². The van der Waals surface area contributed by atoms with Crippen LogP contribution in [0.3, 0.4) is 0 Å². The predicted octanol–water partition coefficient (Wildman–Crippen LogP) is 3.88. The lowest BCUT2D eigenvalue weighted by atomic mass is 10.1. The van der Waals surface area contributed by atoms with Crippen LogP contribution in [0.5, 0.6) is 11.5 Å². The van der Waals surface area contributed by atoms with Gasteiger partial charge in [-0.05, 0) is 62.0 Å². The van der Waals surface area contributed by atoms with E-state index in [-0.39, 0.29) is 5.91 Å². The lowest BCUT2D eigenvalue weighted by Crippen LogP contribution is -2.53. The van der Waals surface area contributed by atoms with Gasteiger partial charge in [0.05, 0.1) is 0 Å². The van der Waals surface area contributed by atoms with Crippen LogP contribution in [0.25, 0.3) is 0 Å². The number of anilines is 1. The summed E-state index contributed by atoms with van der Waals surface area (Å²) in [5.41, 5.74) is 1.66. The normalized spacial score (nSPS) is 16.2. The highest BCUT2D eigenvalue weighted by Gasteiger charge is 2.24. The number of carbonyl (C=O) groups excluding carboxylic acids is 1. The molecular weight excluding hydrogens is 438 g/mol. The quantitative estimate of drug-likeness (QED) is 0.509. The minimum Gasteiger partial charge on any atom is -0.457 e. The van der Waals surface area contributed by atoms with Gasteiger partial charge in [0.25, 0.3) is 5.91 Å². The van der Waals surface area contributed by atoms with Crippen molar-refractivity contribution >= 4 is 11.7 Å². The molecule has 35 heavy (non-hydrogen) atoms. The standard InChI is InChI=1S/C28H35N5O2/c1-22-20-32(15-14-29-2)16-17-33(22)27-18-23(12-13-30-27)21-31(3)28(34)24-8-7-11-26(19-24)35-25-9-5-4-6-10-25/h4-13,18-19,22,29H,14-17,20-21H2,1-3H3/t22-/m1/s1. The van der Waals surface area contributed by atoms with Gasteiger partial charge in [0.2, 0.25) is 0 Å². The fourth-order valence-corrected chi connectivity index (χ4v) is 4.45. The van der Waals surface area contributed by atoms with Crippen molar-refractivity contribution in [2.75, 3.05) is 51.7 Å². The molecule has 3 aromatic rings. The monoisotopic (exact) mass is 473 g/mol. The summed E-state index contributed by atoms with van der Waals surface area (Å²) in [5, 5.41) is 3.23. The fourth-order valence-electron chi connectivity index (χ4n) is 4.45. The van der Waals surface area contributed by atoms with Gasteiger partial charge in [-0.25, -0.2) is 4.98 Å². The Balaban J connectivity index is 1.39. The smallest absolute Gasteiger partial charge is 0.254 e. The second-order valence-electron chi connectivity index (χ2n) is 9.07. The Kier molecular flexibility index (Phi) is 8.34. The molecule has 0 spiro atoms. The van der Waals surface area contributed by atoms with Gasteiger partial charge in [-0.1, -0.05) is 24.3 Å². The molecule has 1 N–H and O–H groups in total. The van der Waals surface area contributed by atoms with E-state index in [4.69, 9.17) is 4.74 Å². The summed E-state index contributed by atoms with van der Waals surface area (Å²) in [6.07, 6.45) is 1.84. The number of piperazine rings is 1. The largest absolute Gasteiger partial charge is 0.457 e. The molecule has 0 radical (unpaired) electrons. The fraction of sp³-hybridized carbons (Fsp3) is 0.357. The first kappa shape index (κ1) is 24.7. The molecule has 0 bridgehead atoms. The third-order valence-corrected chi connectivity index (χ3v) is 6.32. The average molecular weight is 474 g/mol. The minimum atomic E-state index is -0.0478. The summed E-state index contributed by atoms with van der Waals surface area (Å²) >= 11 is 0. The van der Waals surface area contributed by atoms with E-state index >= 15 is 0 Å². The van der Waals surface area contributed by atoms with E-state index in [2.05, 4.69) is 33.1 Å². The van der Waals surface area contributed by atoms with Crippen LogP contribution in [0.4, 0.5) is 5.82 Å². The van der Waals surface area contributed by atoms with Gasteiger partial charge in [0, 0.05) is 64.1 Å². The van der Waals surface area contributed by atoms with Crippen molar-refractivity contribution in [2.24, 2.45) is 0 Å². The molecule has 0 unspecified atom stereocenters. The molecule has 1 saturated heterocycles. The number of nitrogens with one attached hydrogen (secondary N) is 1. The maximum Gasteiger partial charge on any atom is 0.254 e. The highest BCUT2D eigenvalue weighted by molar-refractivity contribution is 5.94. The molecule has 1 aromatic heterocycles. The molecule has 2 heterocycles. The number of aromatic nitrogens is 1. The Morgan fingerprint density at radius 2 is 1.89 bits per heavy atom. The van der Waals surface area contributed by atoms with Gasteiger partial charge in [-0.3, -0.25) is 9.69 Å². The molecular formula is C28H35N5O2. The first-order chi connectivity index (χ1) is 17.0. The average Bonchev–Trinajstić information content (AvgIpc) is 2.88. The molecule has 7 nitrogen and oxygen atoms in total. The van der Waals surface area contributed by atoms with Gasteiger partial charge in [-0.15, -0.1) is 0 Å². The van der Waals surface area contributed by atoms with Crippen LogP contribution in [0.1, 0.15) is 22.8 Å². The Morgan fingerprint density at radius 3 is 2.66 bits per heavy atom. The second kappa shape index (κ2) is 11.8. The summed E-state index contributed by atoms with van der Waals surface area (Å²) in [6, 6.07) is 21.4. The number of carbonyl (C=O) groups is 1. The molecule has 0 aliphatic carbocycles. The van der Waals surface area contributed by atoms with E-state index in [0.717, 1.165) is 49.9 Å². The lowest BCUT2D eigenvalue weighted by Gasteiger charge is -2.40. The molecule has 184 valence electrons. The summed E-state index contributed by atoms with van der Waals surface area (Å²) in [6.45, 7) is 7.82. The molecule has 1 aliphatic heterocycles. The molecule has 1 amide bonds. The van der Waals surface area contributed by atoms with Crippen LogP contribution in [-0.2, 0) is 6.54 Å². The van der Waals surface area contributed by atoms with Crippen molar-refractivity contribution in [1.29, 1.82) is 0 Å². The van der Waals surface area contributed by atoms with Crippen molar-refractivity contribution in [3.63, 3.8) is 0 Å². The van der Waals surface area contributed by atoms with Crippen molar-refractivity contribution in [3.8, 4) is 11.5 Å². The Morgan fingerprint density at radius 1 is 1.09 bits per heavy atom. The van der Waals surface area contributed by atoms with Gasteiger partial charge in [0.1, 0.15) is 17.3 Å². The maximum absolute atomic E-state index is 13.1. The number of pyridine rings is 1. The lowest BCUT2D eigenvalue weighted by molar-refractivity contribution is 0.0784. The Bertz CT molecular complexity index is 1110. The predicted molar refractivity (Wildman–Crippen MR) is 140 cm³/mol. The van der Waals surface area contributed by atoms with Gasteiger partial charge < -0.3 is 19.9 Å². The third-order valence-electron chi connectivity index (χ3n) is 6.32. The summed E-state index contributed by atoms with van der Waals surface area (Å²) in [5.74, 6) is 2.31. The summed E-state index contributed by atoms with van der Waals surface area (Å²) in [7, 11) is 3.82. The molecule has 2 aromatic carbocycles. The third kappa shape index (κ3) is 6.59. The van der Waals surface area contributed by atoms with E-state index < -0.39 is 0 Å². The maximum atomic E-state index is 13.1. The molecule has 4 rings (SSSR count). The van der Waals surface area contributed by atoms with Gasteiger partial charge in [0.15, 0.2) is 0 Å². The van der Waals surface area contributed by atoms with E-state index in [1.54, 1.807) is 11.0 Å². The van der Waals surface area contributed by atoms with Crippen LogP contribution in [0.15, 0.2) is 72.9 Å². The van der Waals surface area contributed by atoms with Crippen LogP contribution in [0, 0.1) is 0 Å². The molecule has 1 atom stereocenters. The topological polar surface area (TPSA) is 60.9 Å². The zero-order valence-electron chi connectivity index (χ0n) is 20.9. The van der Waals surface area contributed by atoms with Crippen LogP contribution < -0.4 is 15.0 Å². The molecule has 0 saturated carbocycles.